The number of nitro groups is 1. The highest BCUT2D eigenvalue weighted by Crippen LogP contribution is 2.10. The van der Waals surface area contributed by atoms with Crippen LogP contribution >= 0.6 is 0 Å². The van der Waals surface area contributed by atoms with E-state index in [9.17, 15) is 10.1 Å². The Morgan fingerprint density at radius 1 is 1.54 bits per heavy atom. The third-order valence-corrected chi connectivity index (χ3v) is 1.31. The molecule has 0 amide bonds. The van der Waals surface area contributed by atoms with Crippen molar-refractivity contribution >= 4 is 0 Å². The topological polar surface area (TPSA) is 67.2 Å². The maximum absolute atomic E-state index is 10.1. The monoisotopic (exact) mass is 187 g/mol. The van der Waals surface area contributed by atoms with Gasteiger partial charge in [-0.25, -0.2) is 0 Å². The first-order valence-corrected chi connectivity index (χ1v) is 4.12. The molecule has 0 fully saturated rings. The predicted octanol–water partition coefficient (Wildman–Crippen LogP) is 0.917. The van der Waals surface area contributed by atoms with E-state index in [0.717, 1.165) is 6.20 Å². The van der Waals surface area contributed by atoms with Gasteiger partial charge in [0.25, 0.3) is 6.20 Å². The number of nitrogens with zero attached hydrogens (tertiary/aromatic N) is 1. The second kappa shape index (κ2) is 4.69. The fourth-order valence-corrected chi connectivity index (χ4v) is 0.664. The average Bonchev–Trinajstić information content (AvgIpc) is 1.95. The minimum Gasteiger partial charge on any atom is -0.370 e. The van der Waals surface area contributed by atoms with Crippen LogP contribution in [-0.4, -0.2) is 18.5 Å². The second-order valence-corrected chi connectivity index (χ2v) is 3.99. The predicted molar refractivity (Wildman–Crippen MR) is 51.6 cm³/mol. The lowest BCUT2D eigenvalue weighted by Gasteiger charge is -2.19. The average molecular weight is 187 g/mol. The highest BCUT2D eigenvalue weighted by Gasteiger charge is 2.10. The van der Waals surface area contributed by atoms with Crippen molar-refractivity contribution in [3.63, 3.8) is 0 Å². The van der Waals surface area contributed by atoms with Crippen molar-refractivity contribution in [2.45, 2.75) is 20.8 Å². The maximum Gasteiger partial charge on any atom is 0.274 e. The smallest absolute Gasteiger partial charge is 0.274 e. The first-order valence-electron chi connectivity index (χ1n) is 4.12. The minimum atomic E-state index is -0.485. The number of nitrogens with one attached hydrogen (secondary N) is 2. The zero-order valence-corrected chi connectivity index (χ0v) is 8.55. The molecule has 0 saturated carbocycles. The number of rotatable bonds is 4. The fraction of sp³-hybridized carbons (Fsp3) is 0.750. The van der Waals surface area contributed by atoms with E-state index in [1.807, 2.05) is 0 Å². The lowest BCUT2D eigenvalue weighted by atomic mass is 9.97. The van der Waals surface area contributed by atoms with Gasteiger partial charge in [-0.2, -0.15) is 0 Å². The molecule has 0 aromatic heterocycles. The van der Waals surface area contributed by atoms with Crippen molar-refractivity contribution in [2.75, 3.05) is 13.6 Å². The Morgan fingerprint density at radius 3 is 2.38 bits per heavy atom. The van der Waals surface area contributed by atoms with E-state index in [2.05, 4.69) is 31.4 Å². The first kappa shape index (κ1) is 11.7. The zero-order valence-electron chi connectivity index (χ0n) is 8.55. The molecule has 0 aromatic carbocycles. The van der Waals surface area contributed by atoms with Crippen LogP contribution in [0.15, 0.2) is 12.0 Å². The molecule has 0 saturated heterocycles. The van der Waals surface area contributed by atoms with Gasteiger partial charge in [0, 0.05) is 13.6 Å². The molecule has 0 rings (SSSR count). The molecule has 2 N–H and O–H groups in total. The van der Waals surface area contributed by atoms with Crippen molar-refractivity contribution in [2.24, 2.45) is 5.41 Å². The van der Waals surface area contributed by atoms with E-state index in [0.29, 0.717) is 12.4 Å². The molecule has 0 atom stereocenters. The molecule has 0 heterocycles. The van der Waals surface area contributed by atoms with Crippen LogP contribution in [0.25, 0.3) is 0 Å². The highest BCUT2D eigenvalue weighted by molar-refractivity contribution is 4.91. The summed E-state index contributed by atoms with van der Waals surface area (Å²) >= 11 is 0. The van der Waals surface area contributed by atoms with E-state index in [1.165, 1.54) is 0 Å². The van der Waals surface area contributed by atoms with E-state index >= 15 is 0 Å². The molecule has 0 aliphatic carbocycles. The molecule has 0 radical (unpaired) electrons. The van der Waals surface area contributed by atoms with Crippen LogP contribution in [0.3, 0.4) is 0 Å². The molecular weight excluding hydrogens is 170 g/mol. The van der Waals surface area contributed by atoms with Crippen molar-refractivity contribution in [3.05, 3.63) is 22.1 Å². The standard InChI is InChI=1S/C8H17N3O2/c1-8(2,3)6-10-7(9-4)5-11(12)13/h5,9-10H,6H2,1-4H3/b7-5+. The summed E-state index contributed by atoms with van der Waals surface area (Å²) in [7, 11) is 1.64. The Hall–Kier alpha value is -1.26. The third kappa shape index (κ3) is 7.11. The van der Waals surface area contributed by atoms with Gasteiger partial charge >= 0.3 is 0 Å². The summed E-state index contributed by atoms with van der Waals surface area (Å²) in [5, 5.41) is 15.8. The quantitative estimate of drug-likeness (QED) is 0.507. The summed E-state index contributed by atoms with van der Waals surface area (Å²) in [6, 6.07) is 0. The van der Waals surface area contributed by atoms with Crippen molar-refractivity contribution in [3.8, 4) is 0 Å². The largest absolute Gasteiger partial charge is 0.370 e. The Kier molecular flexibility index (Phi) is 4.23. The van der Waals surface area contributed by atoms with Crippen LogP contribution < -0.4 is 10.6 Å². The minimum absolute atomic E-state index is 0.104. The third-order valence-electron chi connectivity index (χ3n) is 1.31. The Balaban J connectivity index is 4.08. The van der Waals surface area contributed by atoms with E-state index in [-0.39, 0.29) is 5.41 Å². The van der Waals surface area contributed by atoms with Gasteiger partial charge < -0.3 is 10.6 Å². The van der Waals surface area contributed by atoms with Gasteiger partial charge in [-0.1, -0.05) is 20.8 Å². The van der Waals surface area contributed by atoms with Crippen LogP contribution in [-0.2, 0) is 0 Å². The van der Waals surface area contributed by atoms with Gasteiger partial charge in [0.2, 0.25) is 0 Å². The summed E-state index contributed by atoms with van der Waals surface area (Å²) in [6.45, 7) is 6.85. The Labute approximate surface area is 78.4 Å². The summed E-state index contributed by atoms with van der Waals surface area (Å²) < 4.78 is 0. The summed E-state index contributed by atoms with van der Waals surface area (Å²) in [6.07, 6.45) is 0.922. The molecule has 0 aliphatic heterocycles. The van der Waals surface area contributed by atoms with Crippen LogP contribution in [0.1, 0.15) is 20.8 Å². The fourth-order valence-electron chi connectivity index (χ4n) is 0.664. The summed E-state index contributed by atoms with van der Waals surface area (Å²) in [4.78, 5) is 9.66. The Bertz CT molecular complexity index is 206. The first-order chi connectivity index (χ1) is 5.85. The van der Waals surface area contributed by atoms with Gasteiger partial charge in [0.1, 0.15) is 0 Å². The van der Waals surface area contributed by atoms with Crippen molar-refractivity contribution in [1.29, 1.82) is 0 Å². The molecule has 76 valence electrons. The highest BCUT2D eigenvalue weighted by atomic mass is 16.6. The van der Waals surface area contributed by atoms with Crippen LogP contribution in [0.4, 0.5) is 0 Å². The second-order valence-electron chi connectivity index (χ2n) is 3.99. The molecule has 0 aliphatic rings. The Morgan fingerprint density at radius 2 is 2.08 bits per heavy atom. The SMILES string of the molecule is CN/C(=C\[N+](=O)[O-])NCC(C)(C)C. The molecule has 5 nitrogen and oxygen atoms in total. The van der Waals surface area contributed by atoms with Crippen LogP contribution in [0.5, 0.6) is 0 Å². The normalized spacial score (nSPS) is 12.5. The molecule has 0 unspecified atom stereocenters. The molecule has 13 heavy (non-hydrogen) atoms. The molecular formula is C8H17N3O2. The molecule has 5 heteroatoms. The van der Waals surface area contributed by atoms with E-state index < -0.39 is 4.92 Å². The van der Waals surface area contributed by atoms with Gasteiger partial charge in [-0.05, 0) is 5.41 Å². The summed E-state index contributed by atoms with van der Waals surface area (Å²) in [5.74, 6) is 0.430. The summed E-state index contributed by atoms with van der Waals surface area (Å²) in [5.41, 5.74) is 0.104. The lowest BCUT2D eigenvalue weighted by molar-refractivity contribution is -0.404. The maximum atomic E-state index is 10.1. The van der Waals surface area contributed by atoms with E-state index in [4.69, 9.17) is 0 Å². The zero-order chi connectivity index (χ0) is 10.5. The number of hydrogen-bond donors (Lipinski definition) is 2. The van der Waals surface area contributed by atoms with Crippen molar-refractivity contribution < 1.29 is 4.92 Å². The number of hydrogen-bond acceptors (Lipinski definition) is 4. The molecule has 0 bridgehead atoms. The van der Waals surface area contributed by atoms with Crippen LogP contribution in [0.2, 0.25) is 0 Å². The lowest BCUT2D eigenvalue weighted by Crippen LogP contribution is -2.31. The van der Waals surface area contributed by atoms with Gasteiger partial charge in [0.05, 0.1) is 4.92 Å². The van der Waals surface area contributed by atoms with Crippen molar-refractivity contribution in [1.82, 2.24) is 10.6 Å². The van der Waals surface area contributed by atoms with E-state index in [1.54, 1.807) is 7.05 Å². The van der Waals surface area contributed by atoms with Gasteiger partial charge in [-0.3, -0.25) is 10.1 Å². The molecule has 0 aromatic rings. The van der Waals surface area contributed by atoms with Gasteiger partial charge in [-0.15, -0.1) is 0 Å². The molecule has 0 spiro atoms. The van der Waals surface area contributed by atoms with Gasteiger partial charge in [0.15, 0.2) is 5.82 Å². The van der Waals surface area contributed by atoms with Crippen LogP contribution in [0, 0.1) is 15.5 Å².